The summed E-state index contributed by atoms with van der Waals surface area (Å²) in [4.78, 5) is 32.1. The highest BCUT2D eigenvalue weighted by Gasteiger charge is 2.28. The summed E-state index contributed by atoms with van der Waals surface area (Å²) in [5.74, 6) is -1.94. The second-order valence-corrected chi connectivity index (χ2v) is 11.5. The fourth-order valence-electron chi connectivity index (χ4n) is 4.63. The van der Waals surface area contributed by atoms with Gasteiger partial charge in [0.25, 0.3) is 5.91 Å². The van der Waals surface area contributed by atoms with Gasteiger partial charge < -0.3 is 25.1 Å². The topological polar surface area (TPSA) is 112 Å². The van der Waals surface area contributed by atoms with Gasteiger partial charge in [0.1, 0.15) is 5.52 Å². The van der Waals surface area contributed by atoms with Crippen molar-refractivity contribution < 1.29 is 23.5 Å². The molecule has 208 valence electrons. The number of hydrogen-bond acceptors (Lipinski definition) is 7. The molecule has 2 aliphatic rings. The Kier molecular flexibility index (Phi) is 8.89. The second-order valence-electron chi connectivity index (χ2n) is 9.88. The van der Waals surface area contributed by atoms with E-state index in [-0.39, 0.29) is 29.2 Å². The molecule has 1 aliphatic carbocycles. The number of nitrogens with zero attached hydrogens (tertiary/aromatic N) is 3. The number of carbonyl (C=O) groups excluding carboxylic acids is 2. The van der Waals surface area contributed by atoms with Crippen molar-refractivity contribution in [2.75, 3.05) is 44.8 Å². The number of amides is 1. The molecule has 12 heteroatoms. The Morgan fingerprint density at radius 3 is 2.64 bits per heavy atom. The SMILES string of the molecule is NC(=O)c1nc2c(F)c(Nc3ccc(I)cc3Cl)c(C(=O)OCC3CC3)cc2n1CCCCN1CCOCC1. The predicted octanol–water partition coefficient (Wildman–Crippen LogP) is 4.96. The van der Waals surface area contributed by atoms with Crippen molar-refractivity contribution in [1.82, 2.24) is 14.5 Å². The molecule has 0 bridgehead atoms. The number of aryl methyl sites for hydroxylation is 1. The molecule has 1 aliphatic heterocycles. The number of morpholine rings is 1. The molecule has 2 fully saturated rings. The van der Waals surface area contributed by atoms with E-state index < -0.39 is 17.7 Å². The van der Waals surface area contributed by atoms with Gasteiger partial charge in [0.2, 0.25) is 0 Å². The lowest BCUT2D eigenvalue weighted by Gasteiger charge is -2.26. The molecule has 3 aromatic rings. The quantitative estimate of drug-likeness (QED) is 0.169. The lowest BCUT2D eigenvalue weighted by atomic mass is 10.1. The number of rotatable bonds is 11. The smallest absolute Gasteiger partial charge is 0.340 e. The fraction of sp³-hybridized carbons (Fsp3) is 0.444. The minimum Gasteiger partial charge on any atom is -0.462 e. The maximum Gasteiger partial charge on any atom is 0.340 e. The van der Waals surface area contributed by atoms with E-state index in [4.69, 9.17) is 26.8 Å². The van der Waals surface area contributed by atoms with Gasteiger partial charge in [0.15, 0.2) is 11.6 Å². The largest absolute Gasteiger partial charge is 0.462 e. The number of esters is 1. The summed E-state index contributed by atoms with van der Waals surface area (Å²) in [5, 5.41) is 3.33. The molecule has 1 amide bonds. The van der Waals surface area contributed by atoms with Crippen molar-refractivity contribution in [3.63, 3.8) is 0 Å². The van der Waals surface area contributed by atoms with Crippen LogP contribution in [0.1, 0.15) is 46.7 Å². The Bertz CT molecular complexity index is 1390. The molecular formula is C27H30ClFIN5O4. The van der Waals surface area contributed by atoms with Crippen molar-refractivity contribution in [3.05, 3.63) is 50.1 Å². The zero-order valence-corrected chi connectivity index (χ0v) is 24.3. The van der Waals surface area contributed by atoms with E-state index in [1.165, 1.54) is 6.07 Å². The number of nitrogens with two attached hydrogens (primary N) is 1. The van der Waals surface area contributed by atoms with Gasteiger partial charge in [0.05, 0.1) is 47.3 Å². The zero-order valence-electron chi connectivity index (χ0n) is 21.4. The van der Waals surface area contributed by atoms with Crippen LogP contribution in [0.5, 0.6) is 0 Å². The van der Waals surface area contributed by atoms with Crippen LogP contribution < -0.4 is 11.1 Å². The van der Waals surface area contributed by atoms with Gasteiger partial charge in [-0.25, -0.2) is 14.2 Å². The fourth-order valence-corrected chi connectivity index (χ4v) is 5.53. The highest BCUT2D eigenvalue weighted by Crippen LogP contribution is 2.36. The summed E-state index contributed by atoms with van der Waals surface area (Å²) in [6, 6.07) is 6.77. The molecule has 2 heterocycles. The molecule has 1 aromatic heterocycles. The minimum atomic E-state index is -0.782. The second kappa shape index (κ2) is 12.4. The number of ether oxygens (including phenoxy) is 2. The Balaban J connectivity index is 1.49. The van der Waals surface area contributed by atoms with E-state index in [2.05, 4.69) is 37.8 Å². The molecule has 1 saturated heterocycles. The van der Waals surface area contributed by atoms with E-state index in [0.29, 0.717) is 35.1 Å². The first-order chi connectivity index (χ1) is 18.8. The number of halogens is 3. The first kappa shape index (κ1) is 28.1. The van der Waals surface area contributed by atoms with Gasteiger partial charge in [-0.3, -0.25) is 9.69 Å². The number of hydrogen-bond donors (Lipinski definition) is 2. The predicted molar refractivity (Wildman–Crippen MR) is 155 cm³/mol. The van der Waals surface area contributed by atoms with Crippen LogP contribution in [0.15, 0.2) is 24.3 Å². The van der Waals surface area contributed by atoms with Crippen LogP contribution in [0.3, 0.4) is 0 Å². The maximum atomic E-state index is 16.1. The number of nitrogens with one attached hydrogen (secondary N) is 1. The van der Waals surface area contributed by atoms with Crippen LogP contribution in [0, 0.1) is 15.3 Å². The summed E-state index contributed by atoms with van der Waals surface area (Å²) in [6.45, 7) is 4.78. The molecule has 0 radical (unpaired) electrons. The van der Waals surface area contributed by atoms with Gasteiger partial charge in [-0.05, 0) is 85.0 Å². The third-order valence-electron chi connectivity index (χ3n) is 6.97. The van der Waals surface area contributed by atoms with Crippen molar-refractivity contribution in [2.24, 2.45) is 11.7 Å². The average Bonchev–Trinajstić information content (AvgIpc) is 3.68. The molecule has 2 aromatic carbocycles. The number of primary amides is 1. The van der Waals surface area contributed by atoms with Gasteiger partial charge in [-0.1, -0.05) is 11.6 Å². The highest BCUT2D eigenvalue weighted by atomic mass is 127. The average molecular weight is 670 g/mol. The van der Waals surface area contributed by atoms with Gasteiger partial charge in [0, 0.05) is 23.2 Å². The number of carbonyl (C=O) groups is 2. The van der Waals surface area contributed by atoms with Gasteiger partial charge in [-0.2, -0.15) is 0 Å². The Hall–Kier alpha value is -2.48. The van der Waals surface area contributed by atoms with Crippen molar-refractivity contribution in [3.8, 4) is 0 Å². The van der Waals surface area contributed by atoms with Crippen LogP contribution >= 0.6 is 34.2 Å². The van der Waals surface area contributed by atoms with E-state index in [0.717, 1.165) is 55.7 Å². The summed E-state index contributed by atoms with van der Waals surface area (Å²) >= 11 is 8.52. The molecule has 0 atom stereocenters. The Morgan fingerprint density at radius 2 is 1.95 bits per heavy atom. The van der Waals surface area contributed by atoms with Crippen molar-refractivity contribution >= 4 is 68.5 Å². The molecule has 1 saturated carbocycles. The third-order valence-corrected chi connectivity index (χ3v) is 7.96. The van der Waals surface area contributed by atoms with Crippen LogP contribution in [-0.4, -0.2) is 65.8 Å². The number of imidazole rings is 1. The van der Waals surface area contributed by atoms with Crippen LogP contribution in [0.4, 0.5) is 15.8 Å². The summed E-state index contributed by atoms with van der Waals surface area (Å²) < 4.78 is 29.5. The van der Waals surface area contributed by atoms with E-state index in [9.17, 15) is 9.59 Å². The van der Waals surface area contributed by atoms with Crippen LogP contribution in [0.2, 0.25) is 5.02 Å². The maximum absolute atomic E-state index is 16.1. The lowest BCUT2D eigenvalue weighted by Crippen LogP contribution is -2.36. The first-order valence-corrected chi connectivity index (χ1v) is 14.5. The molecule has 5 rings (SSSR count). The van der Waals surface area contributed by atoms with Gasteiger partial charge >= 0.3 is 5.97 Å². The number of fused-ring (bicyclic) bond motifs is 1. The minimum absolute atomic E-state index is 0.000698. The zero-order chi connectivity index (χ0) is 27.5. The summed E-state index contributed by atoms with van der Waals surface area (Å²) in [6.07, 6.45) is 3.58. The van der Waals surface area contributed by atoms with E-state index >= 15 is 4.39 Å². The summed E-state index contributed by atoms with van der Waals surface area (Å²) in [5.41, 5.74) is 6.20. The molecule has 39 heavy (non-hydrogen) atoms. The van der Waals surface area contributed by atoms with Gasteiger partial charge in [-0.15, -0.1) is 0 Å². The number of aromatic nitrogens is 2. The normalized spacial score (nSPS) is 16.0. The number of benzene rings is 2. The molecule has 3 N–H and O–H groups in total. The monoisotopic (exact) mass is 669 g/mol. The Morgan fingerprint density at radius 1 is 1.21 bits per heavy atom. The molecule has 9 nitrogen and oxygen atoms in total. The molecule has 0 spiro atoms. The third kappa shape index (κ3) is 6.64. The number of anilines is 2. The van der Waals surface area contributed by atoms with Crippen LogP contribution in [0.25, 0.3) is 11.0 Å². The number of unbranched alkanes of at least 4 members (excludes halogenated alkanes) is 1. The summed E-state index contributed by atoms with van der Waals surface area (Å²) in [7, 11) is 0. The molecule has 0 unspecified atom stereocenters. The van der Waals surface area contributed by atoms with Crippen molar-refractivity contribution in [1.29, 1.82) is 0 Å². The van der Waals surface area contributed by atoms with E-state index in [1.807, 2.05) is 6.07 Å². The van der Waals surface area contributed by atoms with Crippen molar-refractivity contribution in [2.45, 2.75) is 32.2 Å². The highest BCUT2D eigenvalue weighted by molar-refractivity contribution is 14.1. The first-order valence-electron chi connectivity index (χ1n) is 13.0. The molecular weight excluding hydrogens is 640 g/mol. The van der Waals surface area contributed by atoms with E-state index in [1.54, 1.807) is 16.7 Å². The van der Waals surface area contributed by atoms with Crippen LogP contribution in [-0.2, 0) is 16.0 Å². The standard InChI is InChI=1S/C27H30ClFIN5O4/c28-19-13-17(30)5-6-20(19)32-23-18(27(37)39-15-16-3-4-16)14-21-24(22(23)29)33-26(25(31)36)35(21)8-2-1-7-34-9-11-38-12-10-34/h5-6,13-14,16,32H,1-4,7-12,15H2,(H2,31,36). The Labute approximate surface area is 244 Å². The lowest BCUT2D eigenvalue weighted by molar-refractivity contribution is 0.0370.